The van der Waals surface area contributed by atoms with Crippen molar-refractivity contribution in [2.45, 2.75) is 37.9 Å². The van der Waals surface area contributed by atoms with E-state index in [1.165, 1.54) is 12.1 Å². The van der Waals surface area contributed by atoms with Gasteiger partial charge in [-0.15, -0.1) is 0 Å². The lowest BCUT2D eigenvalue weighted by molar-refractivity contribution is -0.224. The number of halogens is 3. The first-order chi connectivity index (χ1) is 8.47. The van der Waals surface area contributed by atoms with Gasteiger partial charge in [0, 0.05) is 4.47 Å². The van der Waals surface area contributed by atoms with E-state index in [-0.39, 0.29) is 5.75 Å². The third kappa shape index (κ3) is 3.42. The van der Waals surface area contributed by atoms with Crippen LogP contribution in [-0.4, -0.2) is 17.3 Å². The summed E-state index contributed by atoms with van der Waals surface area (Å²) in [5.41, 5.74) is 0. The van der Waals surface area contributed by atoms with Crippen molar-refractivity contribution in [2.75, 3.05) is 0 Å². The molecule has 0 unspecified atom stereocenters. The lowest BCUT2D eigenvalue weighted by atomic mass is 9.86. The molecule has 0 saturated heterocycles. The van der Waals surface area contributed by atoms with Crippen molar-refractivity contribution in [3.05, 3.63) is 28.7 Å². The lowest BCUT2D eigenvalue weighted by Crippen LogP contribution is -2.38. The van der Waals surface area contributed by atoms with E-state index in [9.17, 15) is 13.9 Å². The van der Waals surface area contributed by atoms with Crippen LogP contribution in [-0.2, 0) is 0 Å². The molecule has 2 nitrogen and oxygen atoms in total. The minimum atomic E-state index is -3.17. The molecule has 1 aliphatic carbocycles. The van der Waals surface area contributed by atoms with Gasteiger partial charge in [0.05, 0.1) is 12.0 Å². The molecule has 0 amide bonds. The highest BCUT2D eigenvalue weighted by Crippen LogP contribution is 2.38. The van der Waals surface area contributed by atoms with Crippen LogP contribution in [0.4, 0.5) is 8.78 Å². The molecular weight excluding hydrogens is 306 g/mol. The summed E-state index contributed by atoms with van der Waals surface area (Å²) < 4.78 is 33.4. The minimum absolute atomic E-state index is 0.161. The van der Waals surface area contributed by atoms with Crippen molar-refractivity contribution in [3.63, 3.8) is 0 Å². The van der Waals surface area contributed by atoms with Gasteiger partial charge in [-0.3, -0.25) is 0 Å². The van der Waals surface area contributed by atoms with Crippen LogP contribution < -0.4 is 4.74 Å². The van der Waals surface area contributed by atoms with E-state index in [4.69, 9.17) is 4.74 Å². The Bertz CT molecular complexity index is 386. The molecule has 1 saturated carbocycles. The first-order valence-corrected chi connectivity index (χ1v) is 6.77. The Kier molecular flexibility index (Phi) is 4.22. The van der Waals surface area contributed by atoms with Crippen LogP contribution in [0.1, 0.15) is 25.7 Å². The fourth-order valence-electron chi connectivity index (χ4n) is 2.15. The number of rotatable bonds is 3. The van der Waals surface area contributed by atoms with E-state index < -0.39 is 18.1 Å². The second-order valence-electron chi connectivity index (χ2n) is 4.62. The molecular formula is C13H15BrF2O2. The molecule has 5 heteroatoms. The van der Waals surface area contributed by atoms with Crippen LogP contribution in [0.25, 0.3) is 0 Å². The Hall–Kier alpha value is -0.680. The summed E-state index contributed by atoms with van der Waals surface area (Å²) in [5.74, 6) is -0.654. The van der Waals surface area contributed by atoms with E-state index in [2.05, 4.69) is 15.9 Å². The Morgan fingerprint density at radius 1 is 1.11 bits per heavy atom. The fraction of sp³-hybridized carbons (Fsp3) is 0.538. The van der Waals surface area contributed by atoms with Crippen molar-refractivity contribution in [3.8, 4) is 5.75 Å². The third-order valence-corrected chi connectivity index (χ3v) is 3.77. The molecule has 0 spiro atoms. The van der Waals surface area contributed by atoms with Crippen LogP contribution in [0.3, 0.4) is 0 Å². The van der Waals surface area contributed by atoms with Crippen LogP contribution in [0.5, 0.6) is 5.75 Å². The maximum absolute atomic E-state index is 13.9. The molecule has 18 heavy (non-hydrogen) atoms. The van der Waals surface area contributed by atoms with Gasteiger partial charge in [0.25, 0.3) is 0 Å². The summed E-state index contributed by atoms with van der Waals surface area (Å²) in [6.07, 6.45) is -2.18. The average molecular weight is 321 g/mol. The van der Waals surface area contributed by atoms with E-state index in [1.54, 1.807) is 12.1 Å². The highest BCUT2D eigenvalue weighted by molar-refractivity contribution is 9.10. The minimum Gasteiger partial charge on any atom is -0.432 e. The second-order valence-corrected chi connectivity index (χ2v) is 5.54. The second kappa shape index (κ2) is 5.53. The zero-order valence-corrected chi connectivity index (χ0v) is 11.4. The number of benzene rings is 1. The summed E-state index contributed by atoms with van der Waals surface area (Å²) in [6.45, 7) is 0. The molecule has 1 N–H and O–H groups in total. The topological polar surface area (TPSA) is 29.5 Å². The number of alkyl halides is 2. The van der Waals surface area contributed by atoms with Gasteiger partial charge in [-0.1, -0.05) is 15.9 Å². The maximum Gasteiger partial charge on any atom is 0.400 e. The monoisotopic (exact) mass is 320 g/mol. The molecule has 0 aliphatic heterocycles. The molecule has 1 aromatic rings. The Morgan fingerprint density at radius 2 is 1.67 bits per heavy atom. The van der Waals surface area contributed by atoms with Crippen LogP contribution in [0.15, 0.2) is 28.7 Å². The highest BCUT2D eigenvalue weighted by Gasteiger charge is 2.43. The number of hydrogen-bond acceptors (Lipinski definition) is 2. The molecule has 1 fully saturated rings. The quantitative estimate of drug-likeness (QED) is 0.913. The smallest absolute Gasteiger partial charge is 0.400 e. The van der Waals surface area contributed by atoms with Crippen molar-refractivity contribution >= 4 is 15.9 Å². The Labute approximate surface area is 113 Å². The highest BCUT2D eigenvalue weighted by atomic mass is 79.9. The van der Waals surface area contributed by atoms with Gasteiger partial charge in [-0.2, -0.15) is 8.78 Å². The zero-order chi connectivity index (χ0) is 13.2. The molecule has 0 atom stereocenters. The SMILES string of the molecule is O[C@H]1CC[C@H](C(F)(F)Oc2ccc(Br)cc2)CC1. The summed E-state index contributed by atoms with van der Waals surface area (Å²) in [4.78, 5) is 0. The molecule has 1 aromatic carbocycles. The van der Waals surface area contributed by atoms with Crippen LogP contribution in [0.2, 0.25) is 0 Å². The number of aliphatic hydroxyl groups is 1. The van der Waals surface area contributed by atoms with Crippen LogP contribution in [0, 0.1) is 5.92 Å². The van der Waals surface area contributed by atoms with Gasteiger partial charge < -0.3 is 9.84 Å². The summed E-state index contributed by atoms with van der Waals surface area (Å²) in [5, 5.41) is 9.32. The number of ether oxygens (including phenoxy) is 1. The third-order valence-electron chi connectivity index (χ3n) is 3.24. The molecule has 0 aromatic heterocycles. The van der Waals surface area contributed by atoms with Gasteiger partial charge in [0.15, 0.2) is 0 Å². The Balaban J connectivity index is 2.00. The number of aliphatic hydroxyl groups excluding tert-OH is 1. The normalized spacial score (nSPS) is 24.9. The number of hydrogen-bond donors (Lipinski definition) is 1. The summed E-state index contributed by atoms with van der Waals surface area (Å²) in [7, 11) is 0. The standard InChI is InChI=1S/C13H15BrF2O2/c14-10-3-7-12(8-4-10)18-13(15,16)9-1-5-11(17)6-2-9/h3-4,7-9,11,17H,1-2,5-6H2/t9-,11-. The van der Waals surface area contributed by atoms with Gasteiger partial charge in [0.2, 0.25) is 0 Å². The average Bonchev–Trinajstić information content (AvgIpc) is 2.32. The van der Waals surface area contributed by atoms with E-state index in [0.717, 1.165) is 4.47 Å². The van der Waals surface area contributed by atoms with Gasteiger partial charge >= 0.3 is 6.11 Å². The zero-order valence-electron chi connectivity index (χ0n) is 9.78. The predicted octanol–water partition coefficient (Wildman–Crippen LogP) is 3.97. The largest absolute Gasteiger partial charge is 0.432 e. The van der Waals surface area contributed by atoms with E-state index >= 15 is 0 Å². The molecule has 1 aliphatic rings. The van der Waals surface area contributed by atoms with Gasteiger partial charge in [-0.25, -0.2) is 0 Å². The van der Waals surface area contributed by atoms with Gasteiger partial charge in [0.1, 0.15) is 5.75 Å². The first kappa shape index (κ1) is 13.7. The van der Waals surface area contributed by atoms with Crippen molar-refractivity contribution in [2.24, 2.45) is 5.92 Å². The Morgan fingerprint density at radius 3 is 2.22 bits per heavy atom. The van der Waals surface area contributed by atoms with Crippen LogP contribution >= 0.6 is 15.9 Å². The molecule has 2 rings (SSSR count). The predicted molar refractivity (Wildman–Crippen MR) is 67.7 cm³/mol. The summed E-state index contributed by atoms with van der Waals surface area (Å²) in [6, 6.07) is 6.34. The van der Waals surface area contributed by atoms with E-state index in [0.29, 0.717) is 25.7 Å². The lowest BCUT2D eigenvalue weighted by Gasteiger charge is -2.31. The first-order valence-electron chi connectivity index (χ1n) is 5.98. The summed E-state index contributed by atoms with van der Waals surface area (Å²) >= 11 is 3.24. The fourth-order valence-corrected chi connectivity index (χ4v) is 2.42. The van der Waals surface area contributed by atoms with Crippen molar-refractivity contribution < 1.29 is 18.6 Å². The van der Waals surface area contributed by atoms with E-state index in [1.807, 2.05) is 0 Å². The van der Waals surface area contributed by atoms with Crippen molar-refractivity contribution in [1.29, 1.82) is 0 Å². The van der Waals surface area contributed by atoms with Crippen molar-refractivity contribution in [1.82, 2.24) is 0 Å². The molecule has 0 bridgehead atoms. The maximum atomic E-state index is 13.9. The molecule has 100 valence electrons. The van der Waals surface area contributed by atoms with Gasteiger partial charge in [-0.05, 0) is 49.9 Å². The molecule has 0 radical (unpaired) electrons. The molecule has 0 heterocycles.